The lowest BCUT2D eigenvalue weighted by molar-refractivity contribution is 0.0215. The van der Waals surface area contributed by atoms with Gasteiger partial charge in [-0.1, -0.05) is 0 Å². The molecule has 2 fully saturated rings. The topological polar surface area (TPSA) is 58.8 Å². The minimum atomic E-state index is -0.486. The van der Waals surface area contributed by atoms with E-state index in [1.54, 1.807) is 11.0 Å². The number of nitrogens with zero attached hydrogens (tertiary/aromatic N) is 2. The van der Waals surface area contributed by atoms with Gasteiger partial charge < -0.3 is 20.3 Å². The highest BCUT2D eigenvalue weighted by molar-refractivity contribution is 5.73. The van der Waals surface area contributed by atoms with E-state index < -0.39 is 5.60 Å². The summed E-state index contributed by atoms with van der Waals surface area (Å²) in [5.74, 6) is -0.332. The van der Waals surface area contributed by atoms with Gasteiger partial charge in [0.2, 0.25) is 0 Å². The normalized spacial score (nSPS) is 24.0. The zero-order valence-corrected chi connectivity index (χ0v) is 13.2. The van der Waals surface area contributed by atoms with Crippen LogP contribution in [0.3, 0.4) is 0 Å². The first-order valence-corrected chi connectivity index (χ1v) is 7.56. The summed E-state index contributed by atoms with van der Waals surface area (Å²) >= 11 is 0. The number of anilines is 2. The first-order chi connectivity index (χ1) is 10.2. The minimum absolute atomic E-state index is 0.129. The van der Waals surface area contributed by atoms with Crippen LogP contribution in [0.15, 0.2) is 18.2 Å². The van der Waals surface area contributed by atoms with E-state index in [4.69, 9.17) is 10.5 Å². The molecule has 1 aromatic rings. The number of nitrogens with two attached hydrogens (primary N) is 1. The predicted octanol–water partition coefficient (Wildman–Crippen LogP) is 2.61. The Balaban J connectivity index is 1.71. The van der Waals surface area contributed by atoms with Crippen LogP contribution < -0.4 is 10.6 Å². The fourth-order valence-corrected chi connectivity index (χ4v) is 3.29. The predicted molar refractivity (Wildman–Crippen MR) is 83.3 cm³/mol. The van der Waals surface area contributed by atoms with Gasteiger partial charge in [0.15, 0.2) is 0 Å². The molecule has 1 aromatic carbocycles. The van der Waals surface area contributed by atoms with Crippen LogP contribution in [0.4, 0.5) is 20.6 Å². The molecule has 2 N–H and O–H groups in total. The van der Waals surface area contributed by atoms with Crippen LogP contribution in [0.5, 0.6) is 0 Å². The van der Waals surface area contributed by atoms with Gasteiger partial charge in [-0.2, -0.15) is 0 Å². The van der Waals surface area contributed by atoms with Crippen LogP contribution in [0.25, 0.3) is 0 Å². The Labute approximate surface area is 129 Å². The Morgan fingerprint density at radius 1 is 1.32 bits per heavy atom. The Hall–Kier alpha value is -1.98. The van der Waals surface area contributed by atoms with Gasteiger partial charge in [0.1, 0.15) is 11.4 Å². The number of piperazine rings is 1. The molecule has 3 rings (SSSR count). The smallest absolute Gasteiger partial charge is 0.410 e. The molecule has 2 saturated heterocycles. The van der Waals surface area contributed by atoms with Crippen molar-refractivity contribution in [3.63, 3.8) is 0 Å². The van der Waals surface area contributed by atoms with Crippen molar-refractivity contribution in [3.8, 4) is 0 Å². The number of likely N-dealkylation sites (tertiary alicyclic amines) is 1. The summed E-state index contributed by atoms with van der Waals surface area (Å²) in [6.07, 6.45) is 0.641. The summed E-state index contributed by atoms with van der Waals surface area (Å²) < 4.78 is 18.6. The number of amides is 1. The van der Waals surface area contributed by atoms with Crippen molar-refractivity contribution < 1.29 is 13.9 Å². The highest BCUT2D eigenvalue weighted by Gasteiger charge is 2.46. The molecular formula is C16H22FN3O2. The standard InChI is InChI=1S/C16H22FN3O2/c1-16(2,3)22-15(21)20-9-11-7-12(20)8-19(11)14-5-4-10(17)6-13(14)18/h4-6,11-12H,7-9,18H2,1-3H3. The molecule has 2 unspecified atom stereocenters. The lowest BCUT2D eigenvalue weighted by atomic mass is 10.2. The number of ether oxygens (including phenoxy) is 1. The van der Waals surface area contributed by atoms with Gasteiger partial charge in [-0.05, 0) is 45.4 Å². The number of halogens is 1. The van der Waals surface area contributed by atoms with E-state index >= 15 is 0 Å². The summed E-state index contributed by atoms with van der Waals surface area (Å²) in [7, 11) is 0. The lowest BCUT2D eigenvalue weighted by Crippen LogP contribution is -2.50. The number of nitrogen functional groups attached to an aromatic ring is 1. The van der Waals surface area contributed by atoms with Crippen molar-refractivity contribution in [2.45, 2.75) is 44.9 Å². The minimum Gasteiger partial charge on any atom is -0.444 e. The monoisotopic (exact) mass is 307 g/mol. The third kappa shape index (κ3) is 2.69. The molecule has 2 bridgehead atoms. The number of carbonyl (C=O) groups excluding carboxylic acids is 1. The number of hydrogen-bond donors (Lipinski definition) is 1. The summed E-state index contributed by atoms with van der Waals surface area (Å²) in [4.78, 5) is 16.2. The first kappa shape index (κ1) is 14.9. The van der Waals surface area contributed by atoms with Crippen LogP contribution in [0, 0.1) is 5.82 Å². The summed E-state index contributed by atoms with van der Waals surface area (Å²) in [5.41, 5.74) is 6.72. The van der Waals surface area contributed by atoms with Gasteiger partial charge in [0, 0.05) is 19.1 Å². The Bertz CT molecular complexity index is 600. The maximum atomic E-state index is 13.2. The average Bonchev–Trinajstić information content (AvgIpc) is 2.96. The maximum absolute atomic E-state index is 13.2. The lowest BCUT2D eigenvalue weighted by Gasteiger charge is -2.36. The van der Waals surface area contributed by atoms with Crippen molar-refractivity contribution in [3.05, 3.63) is 24.0 Å². The number of carbonyl (C=O) groups is 1. The van der Waals surface area contributed by atoms with Gasteiger partial charge in [0.05, 0.1) is 17.4 Å². The zero-order chi connectivity index (χ0) is 16.1. The molecule has 120 valence electrons. The van der Waals surface area contributed by atoms with Crippen LogP contribution >= 0.6 is 0 Å². The second kappa shape index (κ2) is 5.04. The SMILES string of the molecule is CC(C)(C)OC(=O)N1CC2CC1CN2c1ccc(F)cc1N. The molecule has 2 aliphatic heterocycles. The molecule has 5 nitrogen and oxygen atoms in total. The number of rotatable bonds is 1. The van der Waals surface area contributed by atoms with E-state index in [-0.39, 0.29) is 24.0 Å². The fourth-order valence-electron chi connectivity index (χ4n) is 3.29. The number of benzene rings is 1. The first-order valence-electron chi connectivity index (χ1n) is 7.56. The summed E-state index contributed by atoms with van der Waals surface area (Å²) in [6, 6.07) is 4.81. The Morgan fingerprint density at radius 3 is 2.59 bits per heavy atom. The molecule has 0 aromatic heterocycles. The van der Waals surface area contributed by atoms with Gasteiger partial charge in [-0.3, -0.25) is 0 Å². The molecule has 1 amide bonds. The van der Waals surface area contributed by atoms with Crippen LogP contribution in [-0.4, -0.2) is 41.8 Å². The molecule has 2 atom stereocenters. The van der Waals surface area contributed by atoms with E-state index in [1.165, 1.54) is 12.1 Å². The Morgan fingerprint density at radius 2 is 2.05 bits per heavy atom. The van der Waals surface area contributed by atoms with Gasteiger partial charge in [-0.15, -0.1) is 0 Å². The van der Waals surface area contributed by atoms with E-state index in [1.807, 2.05) is 20.8 Å². The van der Waals surface area contributed by atoms with Crippen molar-refractivity contribution in [2.24, 2.45) is 0 Å². The highest BCUT2D eigenvalue weighted by atomic mass is 19.1. The summed E-state index contributed by atoms with van der Waals surface area (Å²) in [6.45, 7) is 6.93. The van der Waals surface area contributed by atoms with Crippen molar-refractivity contribution in [1.29, 1.82) is 0 Å². The number of hydrogen-bond acceptors (Lipinski definition) is 4. The number of fused-ring (bicyclic) bond motifs is 2. The van der Waals surface area contributed by atoms with Crippen molar-refractivity contribution in [1.82, 2.24) is 4.90 Å². The van der Waals surface area contributed by atoms with Gasteiger partial charge in [-0.25, -0.2) is 9.18 Å². The van der Waals surface area contributed by atoms with E-state index in [0.29, 0.717) is 18.8 Å². The second-order valence-electron chi connectivity index (χ2n) is 7.03. The van der Waals surface area contributed by atoms with Crippen LogP contribution in [0.1, 0.15) is 27.2 Å². The molecule has 22 heavy (non-hydrogen) atoms. The molecule has 0 spiro atoms. The third-order valence-corrected chi connectivity index (χ3v) is 4.17. The second-order valence-corrected chi connectivity index (χ2v) is 7.03. The molecule has 2 heterocycles. The van der Waals surface area contributed by atoms with Gasteiger partial charge >= 0.3 is 6.09 Å². The zero-order valence-electron chi connectivity index (χ0n) is 13.2. The largest absolute Gasteiger partial charge is 0.444 e. The van der Waals surface area contributed by atoms with E-state index in [0.717, 1.165) is 12.1 Å². The van der Waals surface area contributed by atoms with Crippen molar-refractivity contribution in [2.75, 3.05) is 23.7 Å². The molecule has 6 heteroatoms. The maximum Gasteiger partial charge on any atom is 0.410 e. The highest BCUT2D eigenvalue weighted by Crippen LogP contribution is 2.37. The van der Waals surface area contributed by atoms with Crippen molar-refractivity contribution >= 4 is 17.5 Å². The summed E-state index contributed by atoms with van der Waals surface area (Å²) in [5, 5.41) is 0. The van der Waals surface area contributed by atoms with E-state index in [9.17, 15) is 9.18 Å². The van der Waals surface area contributed by atoms with Crippen LogP contribution in [-0.2, 0) is 4.74 Å². The molecule has 0 saturated carbocycles. The molecule has 2 aliphatic rings. The molecule has 0 aliphatic carbocycles. The van der Waals surface area contributed by atoms with E-state index in [2.05, 4.69) is 4.90 Å². The molecule has 0 radical (unpaired) electrons. The van der Waals surface area contributed by atoms with Gasteiger partial charge in [0.25, 0.3) is 0 Å². The van der Waals surface area contributed by atoms with Crippen LogP contribution in [0.2, 0.25) is 0 Å². The molecular weight excluding hydrogens is 285 g/mol. The quantitative estimate of drug-likeness (QED) is 0.810. The third-order valence-electron chi connectivity index (χ3n) is 4.17. The average molecular weight is 307 g/mol. The fraction of sp³-hybridized carbons (Fsp3) is 0.562. The Kier molecular flexibility index (Phi) is 3.42.